The molecule has 0 amide bonds. The Balaban J connectivity index is 2.19. The summed E-state index contributed by atoms with van der Waals surface area (Å²) in [6.45, 7) is 0.573. The van der Waals surface area contributed by atoms with Crippen LogP contribution in [-0.4, -0.2) is 18.2 Å². The molecule has 0 fully saturated rings. The van der Waals surface area contributed by atoms with Crippen LogP contribution < -0.4 is 10.1 Å². The van der Waals surface area contributed by atoms with Gasteiger partial charge in [0.05, 0.1) is 22.1 Å². The molecule has 0 aliphatic heterocycles. The molecular formula is C13H12BrNO3S. The van der Waals surface area contributed by atoms with Crippen LogP contribution in [0.25, 0.3) is 0 Å². The molecule has 1 heterocycles. The Kier molecular flexibility index (Phi) is 4.44. The number of benzene rings is 1. The van der Waals surface area contributed by atoms with Gasteiger partial charge in [-0.25, -0.2) is 4.79 Å². The molecule has 19 heavy (non-hydrogen) atoms. The van der Waals surface area contributed by atoms with Gasteiger partial charge in [-0.1, -0.05) is 0 Å². The highest BCUT2D eigenvalue weighted by molar-refractivity contribution is 9.11. The number of carboxylic acid groups (broad SMARTS) is 1. The van der Waals surface area contributed by atoms with Gasteiger partial charge in [0.25, 0.3) is 0 Å². The number of halogens is 1. The van der Waals surface area contributed by atoms with Crippen LogP contribution in [0.1, 0.15) is 15.2 Å². The minimum absolute atomic E-state index is 0.233. The van der Waals surface area contributed by atoms with Gasteiger partial charge in [0, 0.05) is 17.5 Å². The molecular weight excluding hydrogens is 330 g/mol. The van der Waals surface area contributed by atoms with Crippen molar-refractivity contribution in [3.05, 3.63) is 44.6 Å². The zero-order chi connectivity index (χ0) is 13.8. The molecule has 6 heteroatoms. The van der Waals surface area contributed by atoms with Crippen LogP contribution in [0.4, 0.5) is 5.69 Å². The van der Waals surface area contributed by atoms with Gasteiger partial charge >= 0.3 is 5.97 Å². The average molecular weight is 342 g/mol. The van der Waals surface area contributed by atoms with Crippen molar-refractivity contribution in [1.29, 1.82) is 0 Å². The zero-order valence-electron chi connectivity index (χ0n) is 10.1. The topological polar surface area (TPSA) is 58.6 Å². The van der Waals surface area contributed by atoms with Gasteiger partial charge in [0.2, 0.25) is 0 Å². The second kappa shape index (κ2) is 6.08. The monoisotopic (exact) mass is 341 g/mol. The van der Waals surface area contributed by atoms with Gasteiger partial charge in [0.15, 0.2) is 0 Å². The van der Waals surface area contributed by atoms with Crippen LogP contribution in [0.2, 0.25) is 0 Å². The van der Waals surface area contributed by atoms with E-state index >= 15 is 0 Å². The van der Waals surface area contributed by atoms with Crippen molar-refractivity contribution in [2.75, 3.05) is 12.4 Å². The molecule has 0 bridgehead atoms. The summed E-state index contributed by atoms with van der Waals surface area (Å²) in [5, 5.41) is 12.3. The lowest BCUT2D eigenvalue weighted by Crippen LogP contribution is -2.06. The number of rotatable bonds is 5. The lowest BCUT2D eigenvalue weighted by molar-refractivity contribution is 0.0698. The number of aromatic carboxylic acids is 1. The molecule has 2 rings (SSSR count). The smallest absolute Gasteiger partial charge is 0.337 e. The summed E-state index contributed by atoms with van der Waals surface area (Å²) in [5.74, 6) is -0.336. The number of anilines is 1. The molecule has 2 N–H and O–H groups in total. The molecule has 0 atom stereocenters. The predicted molar refractivity (Wildman–Crippen MR) is 79.3 cm³/mol. The number of carboxylic acids is 1. The summed E-state index contributed by atoms with van der Waals surface area (Å²) >= 11 is 5.00. The van der Waals surface area contributed by atoms with E-state index in [0.29, 0.717) is 18.0 Å². The molecule has 1 aromatic carbocycles. The highest BCUT2D eigenvalue weighted by atomic mass is 79.9. The van der Waals surface area contributed by atoms with Gasteiger partial charge in [-0.15, -0.1) is 11.3 Å². The van der Waals surface area contributed by atoms with Crippen molar-refractivity contribution in [3.63, 3.8) is 0 Å². The molecule has 0 aliphatic carbocycles. The van der Waals surface area contributed by atoms with Crippen molar-refractivity contribution >= 4 is 38.9 Å². The second-order valence-electron chi connectivity index (χ2n) is 3.78. The number of methoxy groups -OCH3 is 1. The van der Waals surface area contributed by atoms with E-state index in [1.165, 1.54) is 6.07 Å². The van der Waals surface area contributed by atoms with Crippen LogP contribution in [-0.2, 0) is 6.54 Å². The van der Waals surface area contributed by atoms with E-state index in [1.54, 1.807) is 30.6 Å². The zero-order valence-corrected chi connectivity index (χ0v) is 12.5. The van der Waals surface area contributed by atoms with Crippen LogP contribution in [0, 0.1) is 0 Å². The lowest BCUT2D eigenvalue weighted by Gasteiger charge is -2.10. The highest BCUT2D eigenvalue weighted by Crippen LogP contribution is 2.26. The van der Waals surface area contributed by atoms with E-state index < -0.39 is 5.97 Å². The quantitative estimate of drug-likeness (QED) is 0.867. The van der Waals surface area contributed by atoms with E-state index in [-0.39, 0.29) is 5.56 Å². The maximum Gasteiger partial charge on any atom is 0.337 e. The summed E-state index contributed by atoms with van der Waals surface area (Å²) in [5.41, 5.74) is 0.785. The van der Waals surface area contributed by atoms with Crippen LogP contribution in [0.15, 0.2) is 34.1 Å². The van der Waals surface area contributed by atoms with E-state index in [2.05, 4.69) is 21.2 Å². The minimum Gasteiger partial charge on any atom is -0.497 e. The molecule has 0 saturated carbocycles. The van der Waals surface area contributed by atoms with Crippen molar-refractivity contribution < 1.29 is 14.6 Å². The molecule has 1 aromatic heterocycles. The Hall–Kier alpha value is -1.53. The van der Waals surface area contributed by atoms with Crippen LogP contribution >= 0.6 is 27.3 Å². The van der Waals surface area contributed by atoms with Gasteiger partial charge in [-0.3, -0.25) is 0 Å². The largest absolute Gasteiger partial charge is 0.497 e. The number of ether oxygens (including phenoxy) is 1. The number of carbonyl (C=O) groups is 1. The first kappa shape index (κ1) is 13.9. The summed E-state index contributed by atoms with van der Waals surface area (Å²) in [6.07, 6.45) is 0. The summed E-state index contributed by atoms with van der Waals surface area (Å²) in [7, 11) is 1.55. The van der Waals surface area contributed by atoms with Gasteiger partial charge in [-0.05, 0) is 40.2 Å². The van der Waals surface area contributed by atoms with Gasteiger partial charge in [-0.2, -0.15) is 0 Å². The number of hydrogen-bond donors (Lipinski definition) is 2. The molecule has 0 spiro atoms. The number of thiophene rings is 1. The first-order valence-electron chi connectivity index (χ1n) is 5.49. The van der Waals surface area contributed by atoms with E-state index in [1.807, 2.05) is 12.1 Å². The molecule has 0 saturated heterocycles. The van der Waals surface area contributed by atoms with Crippen LogP contribution in [0.5, 0.6) is 5.75 Å². The van der Waals surface area contributed by atoms with E-state index in [4.69, 9.17) is 9.84 Å². The fourth-order valence-electron chi connectivity index (χ4n) is 1.61. The van der Waals surface area contributed by atoms with Crippen LogP contribution in [0.3, 0.4) is 0 Å². The Morgan fingerprint density at radius 2 is 2.21 bits per heavy atom. The molecule has 2 aromatic rings. The third-order valence-electron chi connectivity index (χ3n) is 2.54. The SMILES string of the molecule is COc1ccc(C(=O)O)c(NCc2ccc(Br)s2)c1. The fraction of sp³-hybridized carbons (Fsp3) is 0.154. The Bertz CT molecular complexity index is 597. The summed E-state index contributed by atoms with van der Waals surface area (Å²) < 4.78 is 6.16. The Labute approximate surface area is 123 Å². The maximum atomic E-state index is 11.2. The van der Waals surface area contributed by atoms with Crippen molar-refractivity contribution in [1.82, 2.24) is 0 Å². The molecule has 100 valence electrons. The molecule has 0 radical (unpaired) electrons. The van der Waals surface area contributed by atoms with Gasteiger partial charge < -0.3 is 15.2 Å². The van der Waals surface area contributed by atoms with Crippen molar-refractivity contribution in [2.45, 2.75) is 6.54 Å². The van der Waals surface area contributed by atoms with Crippen molar-refractivity contribution in [3.8, 4) is 5.75 Å². The van der Waals surface area contributed by atoms with E-state index in [9.17, 15) is 4.79 Å². The van der Waals surface area contributed by atoms with E-state index in [0.717, 1.165) is 8.66 Å². The Morgan fingerprint density at radius 3 is 2.79 bits per heavy atom. The summed E-state index contributed by atoms with van der Waals surface area (Å²) in [4.78, 5) is 12.3. The molecule has 0 unspecified atom stereocenters. The number of hydrogen-bond acceptors (Lipinski definition) is 4. The standard InChI is InChI=1S/C13H12BrNO3S/c1-18-8-2-4-10(13(16)17)11(6-8)15-7-9-3-5-12(14)19-9/h2-6,15H,7H2,1H3,(H,16,17). The summed E-state index contributed by atoms with van der Waals surface area (Å²) in [6, 6.07) is 8.81. The first-order chi connectivity index (χ1) is 9.10. The van der Waals surface area contributed by atoms with Crippen molar-refractivity contribution in [2.24, 2.45) is 0 Å². The molecule has 0 aliphatic rings. The molecule has 4 nitrogen and oxygen atoms in total. The second-order valence-corrected chi connectivity index (χ2v) is 6.32. The fourth-order valence-corrected chi connectivity index (χ4v) is 3.04. The van der Waals surface area contributed by atoms with Gasteiger partial charge in [0.1, 0.15) is 5.75 Å². The average Bonchev–Trinajstić information content (AvgIpc) is 2.81. The lowest BCUT2D eigenvalue weighted by atomic mass is 10.1. The first-order valence-corrected chi connectivity index (χ1v) is 7.10. The third kappa shape index (κ3) is 3.48. The Morgan fingerprint density at radius 1 is 1.42 bits per heavy atom. The minimum atomic E-state index is -0.961. The third-order valence-corrected chi connectivity index (χ3v) is 4.16. The maximum absolute atomic E-state index is 11.2. The normalized spacial score (nSPS) is 10.2. The number of nitrogens with one attached hydrogen (secondary N) is 1. The highest BCUT2D eigenvalue weighted by Gasteiger charge is 2.11. The predicted octanol–water partition coefficient (Wildman–Crippen LogP) is 3.83.